The van der Waals surface area contributed by atoms with E-state index in [2.05, 4.69) is 16.0 Å². The van der Waals surface area contributed by atoms with Crippen LogP contribution in [0.3, 0.4) is 0 Å². The molecule has 1 heterocycles. The Hall–Kier alpha value is -2.87. The van der Waals surface area contributed by atoms with E-state index in [9.17, 15) is 9.59 Å². The summed E-state index contributed by atoms with van der Waals surface area (Å²) in [6.07, 6.45) is 0.347. The number of carbonyl (C=O) groups is 2. The van der Waals surface area contributed by atoms with Gasteiger partial charge in [0.15, 0.2) is 10.9 Å². The van der Waals surface area contributed by atoms with Crippen LogP contribution < -0.4 is 16.0 Å². The highest BCUT2D eigenvalue weighted by atomic mass is 35.5. The van der Waals surface area contributed by atoms with Gasteiger partial charge < -0.3 is 15.1 Å². The summed E-state index contributed by atoms with van der Waals surface area (Å²) >= 11 is 17.6. The van der Waals surface area contributed by atoms with E-state index in [1.807, 2.05) is 19.1 Å². The molecule has 3 N–H and O–H groups in total. The second-order valence-corrected chi connectivity index (χ2v) is 7.86. The minimum atomic E-state index is -0.520. The van der Waals surface area contributed by atoms with Gasteiger partial charge in [0.2, 0.25) is 5.91 Å². The normalized spacial score (nSPS) is 10.5. The van der Waals surface area contributed by atoms with Crippen LogP contribution in [0.1, 0.15) is 29.5 Å². The molecule has 0 saturated carbocycles. The lowest BCUT2D eigenvalue weighted by Gasteiger charge is -2.12. The molecule has 0 radical (unpaired) electrons. The van der Waals surface area contributed by atoms with Gasteiger partial charge in [-0.25, -0.2) is 0 Å². The number of hydrogen-bond donors (Lipinski definition) is 3. The molecule has 0 spiro atoms. The summed E-state index contributed by atoms with van der Waals surface area (Å²) in [6, 6.07) is 13.7. The molecule has 9 heteroatoms. The van der Waals surface area contributed by atoms with Crippen molar-refractivity contribution in [3.63, 3.8) is 0 Å². The first-order valence-corrected chi connectivity index (χ1v) is 10.5. The van der Waals surface area contributed by atoms with Crippen molar-refractivity contribution in [1.29, 1.82) is 0 Å². The van der Waals surface area contributed by atoms with E-state index in [1.165, 1.54) is 0 Å². The van der Waals surface area contributed by atoms with Crippen molar-refractivity contribution in [2.75, 3.05) is 10.6 Å². The van der Waals surface area contributed by atoms with Gasteiger partial charge in [-0.05, 0) is 61.1 Å². The molecule has 160 valence electrons. The van der Waals surface area contributed by atoms with Gasteiger partial charge in [-0.2, -0.15) is 0 Å². The van der Waals surface area contributed by atoms with Crippen LogP contribution in [0.4, 0.5) is 11.4 Å². The third-order valence-electron chi connectivity index (χ3n) is 4.33. The SMILES string of the molecule is CCC(=O)Nc1ccc(Cl)c(NC(=S)NC(=O)c2ccc(-c3ccc(C)c(Cl)c3)o2)c1. The van der Waals surface area contributed by atoms with Gasteiger partial charge in [0.05, 0.1) is 10.7 Å². The fourth-order valence-electron chi connectivity index (χ4n) is 2.63. The number of aryl methyl sites for hydroxylation is 1. The Kier molecular flexibility index (Phi) is 7.33. The van der Waals surface area contributed by atoms with Crippen LogP contribution in [-0.4, -0.2) is 16.9 Å². The van der Waals surface area contributed by atoms with Crippen LogP contribution in [0.25, 0.3) is 11.3 Å². The average molecular weight is 476 g/mol. The maximum absolute atomic E-state index is 12.5. The molecule has 2 amide bonds. The van der Waals surface area contributed by atoms with Crippen LogP contribution in [-0.2, 0) is 4.79 Å². The maximum atomic E-state index is 12.5. The van der Waals surface area contributed by atoms with E-state index in [0.29, 0.717) is 33.6 Å². The van der Waals surface area contributed by atoms with E-state index in [1.54, 1.807) is 43.3 Å². The molecule has 0 aliphatic carbocycles. The molecule has 0 unspecified atom stereocenters. The number of nitrogens with one attached hydrogen (secondary N) is 3. The predicted molar refractivity (Wildman–Crippen MR) is 128 cm³/mol. The predicted octanol–water partition coefficient (Wildman–Crippen LogP) is 6.04. The smallest absolute Gasteiger partial charge is 0.293 e. The summed E-state index contributed by atoms with van der Waals surface area (Å²) < 4.78 is 5.64. The summed E-state index contributed by atoms with van der Waals surface area (Å²) in [4.78, 5) is 24.1. The largest absolute Gasteiger partial charge is 0.451 e. The fraction of sp³-hybridized carbons (Fsp3) is 0.136. The van der Waals surface area contributed by atoms with Crippen molar-refractivity contribution in [3.8, 4) is 11.3 Å². The van der Waals surface area contributed by atoms with Crippen molar-refractivity contribution in [2.45, 2.75) is 20.3 Å². The third kappa shape index (κ3) is 5.85. The van der Waals surface area contributed by atoms with Crippen molar-refractivity contribution in [1.82, 2.24) is 5.32 Å². The topological polar surface area (TPSA) is 83.4 Å². The highest BCUT2D eigenvalue weighted by molar-refractivity contribution is 7.80. The van der Waals surface area contributed by atoms with E-state index in [-0.39, 0.29) is 16.8 Å². The van der Waals surface area contributed by atoms with E-state index in [4.69, 9.17) is 39.8 Å². The molecule has 31 heavy (non-hydrogen) atoms. The second kappa shape index (κ2) is 9.96. The van der Waals surface area contributed by atoms with E-state index in [0.717, 1.165) is 11.1 Å². The van der Waals surface area contributed by atoms with Crippen LogP contribution in [0.2, 0.25) is 10.0 Å². The number of anilines is 2. The Bertz CT molecular complexity index is 1160. The molecule has 3 rings (SSSR count). The van der Waals surface area contributed by atoms with Gasteiger partial charge in [0, 0.05) is 22.7 Å². The maximum Gasteiger partial charge on any atom is 0.293 e. The summed E-state index contributed by atoms with van der Waals surface area (Å²) in [6.45, 7) is 3.66. The van der Waals surface area contributed by atoms with Crippen molar-refractivity contribution in [2.24, 2.45) is 0 Å². The molecule has 1 aromatic heterocycles. The molecular formula is C22H19Cl2N3O3S. The standard InChI is InChI=1S/C22H19Cl2N3O3S/c1-3-20(28)25-14-6-7-15(23)17(11-14)26-22(31)27-21(29)19-9-8-18(30-19)13-5-4-12(2)16(24)10-13/h4-11H,3H2,1-2H3,(H,25,28)(H2,26,27,29,31). The first-order valence-electron chi connectivity index (χ1n) is 9.35. The van der Waals surface area contributed by atoms with Crippen LogP contribution in [0.15, 0.2) is 52.9 Å². The molecule has 2 aromatic carbocycles. The highest BCUT2D eigenvalue weighted by Gasteiger charge is 2.15. The first-order chi connectivity index (χ1) is 14.8. The van der Waals surface area contributed by atoms with Gasteiger partial charge in [-0.1, -0.05) is 42.3 Å². The monoisotopic (exact) mass is 475 g/mol. The number of hydrogen-bond acceptors (Lipinski definition) is 4. The third-order valence-corrected chi connectivity index (χ3v) is 5.27. The van der Waals surface area contributed by atoms with Crippen LogP contribution in [0, 0.1) is 6.92 Å². The Labute approximate surface area is 194 Å². The molecular weight excluding hydrogens is 457 g/mol. The summed E-state index contributed by atoms with van der Waals surface area (Å²) in [5, 5.41) is 9.15. The van der Waals surface area contributed by atoms with Gasteiger partial charge in [0.1, 0.15) is 5.76 Å². The zero-order valence-electron chi connectivity index (χ0n) is 16.7. The number of carbonyl (C=O) groups excluding carboxylic acids is 2. The molecule has 3 aromatic rings. The molecule has 0 fully saturated rings. The summed E-state index contributed by atoms with van der Waals surface area (Å²) in [5.41, 5.74) is 2.70. The van der Waals surface area contributed by atoms with E-state index < -0.39 is 5.91 Å². The van der Waals surface area contributed by atoms with Crippen molar-refractivity contribution >= 4 is 63.7 Å². The van der Waals surface area contributed by atoms with E-state index >= 15 is 0 Å². The summed E-state index contributed by atoms with van der Waals surface area (Å²) in [7, 11) is 0. The number of rotatable bonds is 5. The van der Waals surface area contributed by atoms with Gasteiger partial charge in [0.25, 0.3) is 5.91 Å². The Morgan fingerprint density at radius 1 is 1.00 bits per heavy atom. The molecule has 0 aliphatic heterocycles. The lowest BCUT2D eigenvalue weighted by molar-refractivity contribution is -0.115. The Balaban J connectivity index is 1.67. The number of benzene rings is 2. The van der Waals surface area contributed by atoms with Crippen molar-refractivity contribution in [3.05, 3.63) is 69.9 Å². The summed E-state index contributed by atoms with van der Waals surface area (Å²) in [5.74, 6) is -0.0552. The number of thiocarbonyl (C=S) groups is 1. The van der Waals surface area contributed by atoms with Gasteiger partial charge in [-0.3, -0.25) is 14.9 Å². The molecule has 6 nitrogen and oxygen atoms in total. The van der Waals surface area contributed by atoms with Gasteiger partial charge >= 0.3 is 0 Å². The van der Waals surface area contributed by atoms with Gasteiger partial charge in [-0.15, -0.1) is 0 Å². The lowest BCUT2D eigenvalue weighted by atomic mass is 10.1. The molecule has 0 bridgehead atoms. The minimum Gasteiger partial charge on any atom is -0.451 e. The first kappa shape index (κ1) is 22.8. The highest BCUT2D eigenvalue weighted by Crippen LogP contribution is 2.27. The van der Waals surface area contributed by atoms with Crippen LogP contribution in [0.5, 0.6) is 0 Å². The Morgan fingerprint density at radius 3 is 2.48 bits per heavy atom. The molecule has 0 aliphatic rings. The molecule has 0 atom stereocenters. The second-order valence-electron chi connectivity index (χ2n) is 6.63. The quantitative estimate of drug-likeness (QED) is 0.391. The number of amides is 2. The lowest BCUT2D eigenvalue weighted by Crippen LogP contribution is -2.34. The van der Waals surface area contributed by atoms with Crippen molar-refractivity contribution < 1.29 is 14.0 Å². The fourth-order valence-corrected chi connectivity index (χ4v) is 3.18. The Morgan fingerprint density at radius 2 is 1.77 bits per heavy atom. The molecule has 0 saturated heterocycles. The van der Waals surface area contributed by atoms with Crippen LogP contribution >= 0.6 is 35.4 Å². The number of halogens is 2. The number of furan rings is 1. The average Bonchev–Trinajstić information content (AvgIpc) is 3.23. The zero-order valence-corrected chi connectivity index (χ0v) is 19.0. The zero-order chi connectivity index (χ0) is 22.5. The minimum absolute atomic E-state index is 0.0298.